The minimum atomic E-state index is -0.618. The molecule has 20 heavy (non-hydrogen) atoms. The van der Waals surface area contributed by atoms with Gasteiger partial charge in [-0.15, -0.1) is 0 Å². The van der Waals surface area contributed by atoms with Crippen LogP contribution in [0.4, 0.5) is 4.39 Å². The SMILES string of the molecule is CCCN1CCC2(CC1)C[C@@H](O)c1cc(F)ccc1O2. The van der Waals surface area contributed by atoms with E-state index in [0.29, 0.717) is 17.7 Å². The van der Waals surface area contributed by atoms with Gasteiger partial charge in [-0.25, -0.2) is 4.39 Å². The lowest BCUT2D eigenvalue weighted by Crippen LogP contribution is -2.50. The van der Waals surface area contributed by atoms with Gasteiger partial charge in [-0.1, -0.05) is 6.92 Å². The van der Waals surface area contributed by atoms with Crippen molar-refractivity contribution < 1.29 is 14.2 Å². The molecule has 1 N–H and O–H groups in total. The van der Waals surface area contributed by atoms with Crippen LogP contribution in [-0.4, -0.2) is 35.2 Å². The average molecular weight is 279 g/mol. The summed E-state index contributed by atoms with van der Waals surface area (Å²) in [5.41, 5.74) is 0.320. The number of piperidine rings is 1. The molecule has 110 valence electrons. The minimum absolute atomic E-state index is 0.269. The van der Waals surface area contributed by atoms with E-state index in [1.807, 2.05) is 0 Å². The summed E-state index contributed by atoms with van der Waals surface area (Å²) in [5.74, 6) is 0.328. The number of ether oxygens (including phenoxy) is 1. The Labute approximate surface area is 119 Å². The lowest BCUT2D eigenvalue weighted by atomic mass is 9.81. The monoisotopic (exact) mass is 279 g/mol. The van der Waals surface area contributed by atoms with Crippen LogP contribution >= 0.6 is 0 Å². The predicted molar refractivity (Wildman–Crippen MR) is 75.3 cm³/mol. The van der Waals surface area contributed by atoms with Gasteiger partial charge in [-0.05, 0) is 44.0 Å². The summed E-state index contributed by atoms with van der Waals surface area (Å²) in [7, 11) is 0. The van der Waals surface area contributed by atoms with Gasteiger partial charge in [0.2, 0.25) is 0 Å². The van der Waals surface area contributed by atoms with E-state index in [1.54, 1.807) is 6.07 Å². The normalized spacial score (nSPS) is 25.2. The van der Waals surface area contributed by atoms with Gasteiger partial charge in [0.15, 0.2) is 0 Å². The number of fused-ring (bicyclic) bond motifs is 1. The Bertz CT molecular complexity index is 483. The number of benzene rings is 1. The van der Waals surface area contributed by atoms with Crippen LogP contribution in [0.5, 0.6) is 5.75 Å². The Hall–Kier alpha value is -1.13. The van der Waals surface area contributed by atoms with Crippen LogP contribution in [0, 0.1) is 5.82 Å². The smallest absolute Gasteiger partial charge is 0.126 e. The topological polar surface area (TPSA) is 32.7 Å². The molecular formula is C16H22FNO2. The molecule has 3 nitrogen and oxygen atoms in total. The third-order valence-corrected chi connectivity index (χ3v) is 4.53. The first kappa shape index (κ1) is 13.8. The number of aliphatic hydroxyl groups excluding tert-OH is 1. The van der Waals surface area contributed by atoms with Crippen LogP contribution in [0.3, 0.4) is 0 Å². The molecule has 1 aromatic rings. The zero-order valence-electron chi connectivity index (χ0n) is 11.9. The first-order valence-corrected chi connectivity index (χ1v) is 7.51. The molecule has 1 atom stereocenters. The van der Waals surface area contributed by atoms with E-state index in [0.717, 1.165) is 32.5 Å². The van der Waals surface area contributed by atoms with Crippen LogP contribution < -0.4 is 4.74 Å². The van der Waals surface area contributed by atoms with Gasteiger partial charge >= 0.3 is 0 Å². The van der Waals surface area contributed by atoms with Crippen LogP contribution in [0.1, 0.15) is 44.3 Å². The first-order chi connectivity index (χ1) is 9.62. The highest BCUT2D eigenvalue weighted by Crippen LogP contribution is 2.44. The maximum atomic E-state index is 13.3. The molecule has 0 bridgehead atoms. The van der Waals surface area contributed by atoms with Crippen molar-refractivity contribution >= 4 is 0 Å². The summed E-state index contributed by atoms with van der Waals surface area (Å²) < 4.78 is 19.4. The second-order valence-corrected chi connectivity index (χ2v) is 6.03. The maximum Gasteiger partial charge on any atom is 0.126 e. The molecule has 4 heteroatoms. The third kappa shape index (κ3) is 2.54. The summed E-state index contributed by atoms with van der Waals surface area (Å²) in [6, 6.07) is 4.43. The van der Waals surface area contributed by atoms with Crippen LogP contribution in [-0.2, 0) is 0 Å². The molecule has 2 heterocycles. The Morgan fingerprint density at radius 2 is 2.15 bits per heavy atom. The van der Waals surface area contributed by atoms with E-state index in [-0.39, 0.29) is 11.4 Å². The number of hydrogen-bond acceptors (Lipinski definition) is 3. The Morgan fingerprint density at radius 1 is 1.40 bits per heavy atom. The van der Waals surface area contributed by atoms with Crippen molar-refractivity contribution in [3.8, 4) is 5.75 Å². The van der Waals surface area contributed by atoms with Gasteiger partial charge in [0.25, 0.3) is 0 Å². The van der Waals surface area contributed by atoms with E-state index < -0.39 is 6.10 Å². The number of rotatable bonds is 2. The molecule has 0 aromatic heterocycles. The van der Waals surface area contributed by atoms with Gasteiger partial charge in [-0.2, -0.15) is 0 Å². The standard InChI is InChI=1S/C16H22FNO2/c1-2-7-18-8-5-16(6-9-18)11-14(19)13-10-12(17)3-4-15(13)20-16/h3-4,10,14,19H,2,5-9,11H2,1H3/t14-/m1/s1. The summed E-state index contributed by atoms with van der Waals surface area (Å²) in [6.07, 6.45) is 2.98. The highest BCUT2D eigenvalue weighted by Gasteiger charge is 2.42. The molecule has 1 saturated heterocycles. The zero-order chi connectivity index (χ0) is 14.2. The molecule has 1 aromatic carbocycles. The van der Waals surface area contributed by atoms with Crippen molar-refractivity contribution in [2.24, 2.45) is 0 Å². The second kappa shape index (κ2) is 5.34. The number of likely N-dealkylation sites (tertiary alicyclic amines) is 1. The van der Waals surface area contributed by atoms with E-state index in [1.165, 1.54) is 18.6 Å². The molecule has 0 radical (unpaired) electrons. The van der Waals surface area contributed by atoms with Gasteiger partial charge in [0, 0.05) is 25.1 Å². The highest BCUT2D eigenvalue weighted by atomic mass is 19.1. The van der Waals surface area contributed by atoms with Crippen LogP contribution in [0.2, 0.25) is 0 Å². The van der Waals surface area contributed by atoms with E-state index in [9.17, 15) is 9.50 Å². The number of nitrogens with zero attached hydrogens (tertiary/aromatic N) is 1. The molecule has 0 saturated carbocycles. The summed E-state index contributed by atoms with van der Waals surface area (Å²) in [4.78, 5) is 2.45. The molecule has 2 aliphatic heterocycles. The van der Waals surface area contributed by atoms with E-state index >= 15 is 0 Å². The second-order valence-electron chi connectivity index (χ2n) is 6.03. The van der Waals surface area contributed by atoms with Crippen LogP contribution in [0.25, 0.3) is 0 Å². The van der Waals surface area contributed by atoms with Crippen molar-refractivity contribution in [1.82, 2.24) is 4.90 Å². The Morgan fingerprint density at radius 3 is 2.85 bits per heavy atom. The zero-order valence-corrected chi connectivity index (χ0v) is 11.9. The molecule has 1 spiro atoms. The van der Waals surface area contributed by atoms with Crippen molar-refractivity contribution in [2.75, 3.05) is 19.6 Å². The minimum Gasteiger partial charge on any atom is -0.487 e. The summed E-state index contributed by atoms with van der Waals surface area (Å²) in [5, 5.41) is 10.3. The van der Waals surface area contributed by atoms with Gasteiger partial charge in [-0.3, -0.25) is 0 Å². The fourth-order valence-electron chi connectivity index (χ4n) is 3.42. The largest absolute Gasteiger partial charge is 0.487 e. The number of aliphatic hydroxyl groups is 1. The molecule has 1 fully saturated rings. The lowest BCUT2D eigenvalue weighted by molar-refractivity contribution is -0.0539. The fourth-order valence-corrected chi connectivity index (χ4v) is 3.42. The molecule has 3 rings (SSSR count). The van der Waals surface area contributed by atoms with Gasteiger partial charge in [0.1, 0.15) is 17.2 Å². The third-order valence-electron chi connectivity index (χ3n) is 4.53. The summed E-state index contributed by atoms with van der Waals surface area (Å²) >= 11 is 0. The molecule has 0 amide bonds. The fraction of sp³-hybridized carbons (Fsp3) is 0.625. The van der Waals surface area contributed by atoms with Crippen molar-refractivity contribution in [3.63, 3.8) is 0 Å². The van der Waals surface area contributed by atoms with E-state index in [4.69, 9.17) is 4.74 Å². The van der Waals surface area contributed by atoms with Crippen LogP contribution in [0.15, 0.2) is 18.2 Å². The first-order valence-electron chi connectivity index (χ1n) is 7.51. The van der Waals surface area contributed by atoms with Crippen molar-refractivity contribution in [3.05, 3.63) is 29.6 Å². The van der Waals surface area contributed by atoms with Gasteiger partial charge in [0.05, 0.1) is 6.10 Å². The Kier molecular flexibility index (Phi) is 3.69. The molecular weight excluding hydrogens is 257 g/mol. The number of hydrogen-bond donors (Lipinski definition) is 1. The molecule has 2 aliphatic rings. The number of halogens is 1. The highest BCUT2D eigenvalue weighted by molar-refractivity contribution is 5.38. The summed E-state index contributed by atoms with van der Waals surface area (Å²) in [6.45, 7) is 5.34. The maximum absolute atomic E-state index is 13.3. The predicted octanol–water partition coefficient (Wildman–Crippen LogP) is 2.89. The molecule has 0 aliphatic carbocycles. The van der Waals surface area contributed by atoms with Crippen molar-refractivity contribution in [2.45, 2.75) is 44.3 Å². The average Bonchev–Trinajstić information content (AvgIpc) is 2.43. The quantitative estimate of drug-likeness (QED) is 0.903. The van der Waals surface area contributed by atoms with Gasteiger partial charge < -0.3 is 14.7 Å². The van der Waals surface area contributed by atoms with Crippen molar-refractivity contribution in [1.29, 1.82) is 0 Å². The Balaban J connectivity index is 1.76. The van der Waals surface area contributed by atoms with E-state index in [2.05, 4.69) is 11.8 Å². The lowest BCUT2D eigenvalue weighted by Gasteiger charge is -2.46. The molecule has 0 unspecified atom stereocenters.